The lowest BCUT2D eigenvalue weighted by atomic mass is 10.2. The third kappa shape index (κ3) is 2.64. The molecule has 2 aromatic rings. The van der Waals surface area contributed by atoms with Gasteiger partial charge in [0.05, 0.1) is 15.5 Å². The zero-order valence-electron chi connectivity index (χ0n) is 10.3. The van der Waals surface area contributed by atoms with Gasteiger partial charge in [0.2, 0.25) is 5.95 Å². The van der Waals surface area contributed by atoms with Crippen molar-refractivity contribution in [2.45, 2.75) is 13.5 Å². The van der Waals surface area contributed by atoms with Crippen molar-refractivity contribution in [2.75, 3.05) is 17.7 Å². The highest BCUT2D eigenvalue weighted by Gasteiger charge is 2.13. The first-order valence-electron chi connectivity index (χ1n) is 5.62. The zero-order valence-corrected chi connectivity index (χ0v) is 12.7. The van der Waals surface area contributed by atoms with Gasteiger partial charge >= 0.3 is 0 Å². The van der Waals surface area contributed by atoms with Crippen LogP contribution in [0.5, 0.6) is 0 Å². The predicted octanol–water partition coefficient (Wildman–Crippen LogP) is 3.52. The number of aromatic nitrogens is 2. The summed E-state index contributed by atoms with van der Waals surface area (Å²) in [6.45, 7) is 2.96. The molecule has 1 heterocycles. The first-order valence-corrected chi connectivity index (χ1v) is 7.81. The highest BCUT2D eigenvalue weighted by Crippen LogP contribution is 2.26. The van der Waals surface area contributed by atoms with Crippen LogP contribution < -0.4 is 5.73 Å². The second-order valence-corrected chi connectivity index (χ2v) is 6.16. The molecule has 6 heteroatoms. The summed E-state index contributed by atoms with van der Waals surface area (Å²) in [7, 11) is 0. The van der Waals surface area contributed by atoms with Crippen molar-refractivity contribution < 1.29 is 4.39 Å². The van der Waals surface area contributed by atoms with Gasteiger partial charge in [-0.05, 0) is 39.9 Å². The lowest BCUT2D eigenvalue weighted by Gasteiger charge is -2.12. The lowest BCUT2D eigenvalue weighted by Crippen LogP contribution is -2.12. The molecule has 1 aromatic carbocycles. The van der Waals surface area contributed by atoms with Gasteiger partial charge in [-0.1, -0.05) is 6.92 Å². The summed E-state index contributed by atoms with van der Waals surface area (Å²) in [5.41, 5.74) is 7.38. The number of halogens is 2. The topological polar surface area (TPSA) is 43.8 Å². The molecule has 0 radical (unpaired) electrons. The summed E-state index contributed by atoms with van der Waals surface area (Å²) in [6.07, 6.45) is 2.08. The molecule has 18 heavy (non-hydrogen) atoms. The van der Waals surface area contributed by atoms with Gasteiger partial charge in [-0.3, -0.25) is 0 Å². The normalized spacial score (nSPS) is 13.1. The van der Waals surface area contributed by atoms with Crippen LogP contribution in [0.2, 0.25) is 0 Å². The molecule has 2 N–H and O–H groups in total. The molecule has 0 saturated heterocycles. The maximum atomic E-state index is 13.4. The van der Waals surface area contributed by atoms with Gasteiger partial charge in [0, 0.05) is 12.6 Å². The number of imidazole rings is 1. The van der Waals surface area contributed by atoms with E-state index in [4.69, 9.17) is 5.73 Å². The number of nitrogens with two attached hydrogens (primary N) is 1. The van der Waals surface area contributed by atoms with Crippen molar-refractivity contribution in [3.05, 3.63) is 22.4 Å². The van der Waals surface area contributed by atoms with Crippen LogP contribution in [0.4, 0.5) is 10.3 Å². The van der Waals surface area contributed by atoms with E-state index in [2.05, 4.69) is 34.1 Å². The van der Waals surface area contributed by atoms with Crippen LogP contribution in [-0.4, -0.2) is 21.6 Å². The van der Waals surface area contributed by atoms with Gasteiger partial charge in [-0.15, -0.1) is 0 Å². The molecule has 1 atom stereocenters. The summed E-state index contributed by atoms with van der Waals surface area (Å²) >= 11 is 5.00. The van der Waals surface area contributed by atoms with Crippen LogP contribution in [0.25, 0.3) is 11.0 Å². The quantitative estimate of drug-likeness (QED) is 0.932. The fourth-order valence-corrected chi connectivity index (χ4v) is 2.99. The minimum absolute atomic E-state index is 0.315. The molecule has 1 unspecified atom stereocenters. The van der Waals surface area contributed by atoms with E-state index in [1.165, 1.54) is 6.07 Å². The van der Waals surface area contributed by atoms with E-state index in [0.29, 0.717) is 21.9 Å². The number of benzene rings is 1. The highest BCUT2D eigenvalue weighted by molar-refractivity contribution is 9.10. The van der Waals surface area contributed by atoms with Crippen LogP contribution in [0, 0.1) is 11.7 Å². The number of nitrogens with zero attached hydrogens (tertiary/aromatic N) is 2. The Morgan fingerprint density at radius 1 is 1.56 bits per heavy atom. The first-order chi connectivity index (χ1) is 8.52. The summed E-state index contributed by atoms with van der Waals surface area (Å²) in [4.78, 5) is 4.20. The number of nitrogen functional groups attached to an aromatic ring is 1. The van der Waals surface area contributed by atoms with Crippen LogP contribution in [0.15, 0.2) is 16.6 Å². The summed E-state index contributed by atoms with van der Waals surface area (Å²) in [5.74, 6) is 1.67. The minimum Gasteiger partial charge on any atom is -0.369 e. The Bertz CT molecular complexity index is 570. The number of thioether (sulfide) groups is 1. The monoisotopic (exact) mass is 331 g/mol. The van der Waals surface area contributed by atoms with Crippen molar-refractivity contribution in [1.82, 2.24) is 9.55 Å². The van der Waals surface area contributed by atoms with Crippen molar-refractivity contribution in [1.29, 1.82) is 0 Å². The van der Waals surface area contributed by atoms with E-state index in [1.54, 1.807) is 17.8 Å². The second-order valence-electron chi connectivity index (χ2n) is 4.40. The maximum absolute atomic E-state index is 13.4. The summed E-state index contributed by atoms with van der Waals surface area (Å²) in [5, 5.41) is 0. The smallest absolute Gasteiger partial charge is 0.201 e. The number of anilines is 1. The largest absolute Gasteiger partial charge is 0.369 e. The van der Waals surface area contributed by atoms with E-state index in [-0.39, 0.29) is 5.82 Å². The fourth-order valence-electron chi connectivity index (χ4n) is 1.98. The lowest BCUT2D eigenvalue weighted by molar-refractivity contribution is 0.546. The molecule has 0 bridgehead atoms. The third-order valence-electron chi connectivity index (χ3n) is 2.77. The molecule has 0 aliphatic carbocycles. The average molecular weight is 332 g/mol. The van der Waals surface area contributed by atoms with E-state index >= 15 is 0 Å². The highest BCUT2D eigenvalue weighted by atomic mass is 79.9. The van der Waals surface area contributed by atoms with Crippen LogP contribution >= 0.6 is 27.7 Å². The maximum Gasteiger partial charge on any atom is 0.201 e. The molecule has 98 valence electrons. The zero-order chi connectivity index (χ0) is 13.3. The Morgan fingerprint density at radius 2 is 2.28 bits per heavy atom. The van der Waals surface area contributed by atoms with E-state index in [1.807, 2.05) is 4.57 Å². The molecular weight excluding hydrogens is 317 g/mol. The Balaban J connectivity index is 2.43. The molecule has 3 nitrogen and oxygen atoms in total. The van der Waals surface area contributed by atoms with Gasteiger partial charge in [0.15, 0.2) is 0 Å². The summed E-state index contributed by atoms with van der Waals surface area (Å²) < 4.78 is 15.8. The van der Waals surface area contributed by atoms with E-state index < -0.39 is 0 Å². The van der Waals surface area contributed by atoms with Crippen molar-refractivity contribution in [3.8, 4) is 0 Å². The molecule has 0 aliphatic rings. The fraction of sp³-hybridized carbons (Fsp3) is 0.417. The molecule has 0 spiro atoms. The number of hydrogen-bond donors (Lipinski definition) is 1. The average Bonchev–Trinajstić information content (AvgIpc) is 2.57. The molecule has 0 amide bonds. The predicted molar refractivity (Wildman–Crippen MR) is 79.3 cm³/mol. The number of fused-ring (bicyclic) bond motifs is 1. The van der Waals surface area contributed by atoms with Crippen LogP contribution in [-0.2, 0) is 6.54 Å². The minimum atomic E-state index is -0.315. The molecule has 0 saturated carbocycles. The molecule has 0 fully saturated rings. The van der Waals surface area contributed by atoms with E-state index in [9.17, 15) is 4.39 Å². The van der Waals surface area contributed by atoms with Crippen LogP contribution in [0.1, 0.15) is 6.92 Å². The Morgan fingerprint density at radius 3 is 2.94 bits per heavy atom. The van der Waals surface area contributed by atoms with Gasteiger partial charge in [-0.2, -0.15) is 11.8 Å². The Labute approximate surface area is 118 Å². The Hall–Kier alpha value is -0.750. The van der Waals surface area contributed by atoms with Crippen molar-refractivity contribution in [2.24, 2.45) is 5.92 Å². The number of hydrogen-bond acceptors (Lipinski definition) is 3. The number of rotatable bonds is 4. The first kappa shape index (κ1) is 13.7. The molecular formula is C12H15BrFN3S. The third-order valence-corrected chi connectivity index (χ3v) is 4.28. The SMILES string of the molecule is CSCC(C)Cn1c(N)nc2cc(F)c(Br)cc21. The molecule has 0 aliphatic heterocycles. The molecule has 2 rings (SSSR count). The van der Waals surface area contributed by atoms with Crippen molar-refractivity contribution >= 4 is 44.7 Å². The second kappa shape index (κ2) is 5.48. The van der Waals surface area contributed by atoms with Gasteiger partial charge in [0.25, 0.3) is 0 Å². The Kier molecular flexibility index (Phi) is 4.17. The standard InChI is InChI=1S/C12H15BrFN3S/c1-7(6-18-2)5-17-11-3-8(13)9(14)4-10(11)16-12(17)15/h3-4,7H,5-6H2,1-2H3,(H2,15,16). The van der Waals surface area contributed by atoms with Crippen molar-refractivity contribution in [3.63, 3.8) is 0 Å². The van der Waals surface area contributed by atoms with Gasteiger partial charge in [0.1, 0.15) is 5.82 Å². The van der Waals surface area contributed by atoms with Gasteiger partial charge in [-0.25, -0.2) is 9.37 Å². The molecule has 1 aromatic heterocycles. The van der Waals surface area contributed by atoms with Gasteiger partial charge < -0.3 is 10.3 Å². The summed E-state index contributed by atoms with van der Waals surface area (Å²) in [6, 6.07) is 3.14. The van der Waals surface area contributed by atoms with Crippen LogP contribution in [0.3, 0.4) is 0 Å². The van der Waals surface area contributed by atoms with E-state index in [0.717, 1.165) is 17.8 Å².